The quantitative estimate of drug-likeness (QED) is 0.403. The molecule has 0 saturated heterocycles. The normalized spacial score (nSPS) is 10.7. The molecular formula is C19H23N3O3S. The van der Waals surface area contributed by atoms with E-state index in [1.165, 1.54) is 0 Å². The molecule has 1 heterocycles. The Morgan fingerprint density at radius 2 is 2.00 bits per heavy atom. The summed E-state index contributed by atoms with van der Waals surface area (Å²) in [7, 11) is 0. The zero-order chi connectivity index (χ0) is 18.8. The van der Waals surface area contributed by atoms with Gasteiger partial charge in [0, 0.05) is 10.4 Å². The lowest BCUT2D eigenvalue weighted by atomic mass is 10.2. The molecular weight excluding hydrogens is 350 g/mol. The molecule has 2 N–H and O–H groups in total. The lowest BCUT2D eigenvalue weighted by Crippen LogP contribution is -2.34. The first-order chi connectivity index (χ1) is 12.6. The second-order valence-corrected chi connectivity index (χ2v) is 6.62. The number of hydrogen-bond acceptors (Lipinski definition) is 5. The highest BCUT2D eigenvalue weighted by atomic mass is 32.1. The van der Waals surface area contributed by atoms with Crippen LogP contribution in [0.5, 0.6) is 5.75 Å². The maximum Gasteiger partial charge on any atom is 0.259 e. The van der Waals surface area contributed by atoms with Crippen molar-refractivity contribution in [3.05, 3.63) is 51.7 Å². The molecule has 2 amide bonds. The van der Waals surface area contributed by atoms with Crippen molar-refractivity contribution in [1.29, 1.82) is 0 Å². The van der Waals surface area contributed by atoms with Crippen molar-refractivity contribution < 1.29 is 14.3 Å². The van der Waals surface area contributed by atoms with Crippen molar-refractivity contribution in [2.45, 2.75) is 26.7 Å². The number of amides is 2. The monoisotopic (exact) mass is 373 g/mol. The highest BCUT2D eigenvalue weighted by Gasteiger charge is 2.08. The Morgan fingerprint density at radius 1 is 1.23 bits per heavy atom. The molecule has 0 aliphatic heterocycles. The van der Waals surface area contributed by atoms with Crippen molar-refractivity contribution in [2.24, 2.45) is 5.10 Å². The average molecular weight is 373 g/mol. The minimum Gasteiger partial charge on any atom is -0.494 e. The summed E-state index contributed by atoms with van der Waals surface area (Å²) in [6, 6.07) is 8.82. The van der Waals surface area contributed by atoms with Crippen LogP contribution < -0.4 is 15.5 Å². The van der Waals surface area contributed by atoms with E-state index in [1.54, 1.807) is 41.8 Å². The van der Waals surface area contributed by atoms with Crippen molar-refractivity contribution in [3.63, 3.8) is 0 Å². The van der Waals surface area contributed by atoms with Gasteiger partial charge in [0.2, 0.25) is 0 Å². The molecule has 6 nitrogen and oxygen atoms in total. The molecule has 0 saturated carbocycles. The fraction of sp³-hybridized carbons (Fsp3) is 0.316. The molecule has 0 radical (unpaired) electrons. The fourth-order valence-electron chi connectivity index (χ4n) is 2.02. The van der Waals surface area contributed by atoms with Gasteiger partial charge in [-0.05, 0) is 54.6 Å². The molecule has 0 atom stereocenters. The van der Waals surface area contributed by atoms with Gasteiger partial charge in [0.1, 0.15) is 5.75 Å². The van der Waals surface area contributed by atoms with Crippen LogP contribution in [0.15, 0.2) is 40.8 Å². The number of nitrogens with one attached hydrogen (secondary N) is 2. The number of carbonyl (C=O) groups is 2. The molecule has 2 aromatic rings. The first-order valence-electron chi connectivity index (χ1n) is 8.47. The van der Waals surface area contributed by atoms with E-state index < -0.39 is 0 Å². The Balaban J connectivity index is 1.74. The maximum atomic E-state index is 12.1. The predicted molar refractivity (Wildman–Crippen MR) is 104 cm³/mol. The smallest absolute Gasteiger partial charge is 0.259 e. The van der Waals surface area contributed by atoms with Crippen LogP contribution in [-0.4, -0.2) is 31.2 Å². The SMILES string of the molecule is CCCCOc1ccc(C(=O)NCC(=O)N/N=C\c2sccc2C)cc1. The third-order valence-electron chi connectivity index (χ3n) is 3.57. The van der Waals surface area contributed by atoms with Crippen LogP contribution in [-0.2, 0) is 4.79 Å². The van der Waals surface area contributed by atoms with Gasteiger partial charge in [-0.15, -0.1) is 11.3 Å². The van der Waals surface area contributed by atoms with Gasteiger partial charge in [-0.3, -0.25) is 9.59 Å². The minimum atomic E-state index is -0.386. The van der Waals surface area contributed by atoms with Gasteiger partial charge in [-0.25, -0.2) is 5.43 Å². The minimum absolute atomic E-state index is 0.144. The van der Waals surface area contributed by atoms with Crippen LogP contribution in [0.25, 0.3) is 0 Å². The third-order valence-corrected chi connectivity index (χ3v) is 4.52. The van der Waals surface area contributed by atoms with Crippen LogP contribution in [0.3, 0.4) is 0 Å². The molecule has 1 aromatic carbocycles. The summed E-state index contributed by atoms with van der Waals surface area (Å²) in [6.45, 7) is 4.59. The Hall–Kier alpha value is -2.67. The van der Waals surface area contributed by atoms with Crippen LogP contribution >= 0.6 is 11.3 Å². The summed E-state index contributed by atoms with van der Waals surface area (Å²) in [5.41, 5.74) is 3.97. The van der Waals surface area contributed by atoms with Crippen molar-refractivity contribution in [2.75, 3.05) is 13.2 Å². The highest BCUT2D eigenvalue weighted by Crippen LogP contribution is 2.13. The van der Waals surface area contributed by atoms with Crippen LogP contribution in [0.2, 0.25) is 0 Å². The van der Waals surface area contributed by atoms with E-state index in [0.717, 1.165) is 29.0 Å². The number of rotatable bonds is 9. The molecule has 2 rings (SSSR count). The van der Waals surface area contributed by atoms with Gasteiger partial charge >= 0.3 is 0 Å². The summed E-state index contributed by atoms with van der Waals surface area (Å²) in [5.74, 6) is 0.0209. The van der Waals surface area contributed by atoms with Gasteiger partial charge in [-0.2, -0.15) is 5.10 Å². The van der Waals surface area contributed by atoms with Crippen LogP contribution in [0.4, 0.5) is 0 Å². The first kappa shape index (κ1) is 19.7. The predicted octanol–water partition coefficient (Wildman–Crippen LogP) is 3.12. The Bertz CT molecular complexity index is 754. The van der Waals surface area contributed by atoms with Gasteiger partial charge in [0.15, 0.2) is 0 Å². The van der Waals surface area contributed by atoms with E-state index in [4.69, 9.17) is 4.74 Å². The highest BCUT2D eigenvalue weighted by molar-refractivity contribution is 7.11. The molecule has 0 fully saturated rings. The molecule has 0 aliphatic carbocycles. The second-order valence-electron chi connectivity index (χ2n) is 5.67. The van der Waals surface area contributed by atoms with E-state index in [2.05, 4.69) is 22.8 Å². The Labute approximate surface area is 157 Å². The molecule has 1 aromatic heterocycles. The number of hydrogen-bond donors (Lipinski definition) is 2. The van der Waals surface area contributed by atoms with Crippen molar-refractivity contribution in [1.82, 2.24) is 10.7 Å². The van der Waals surface area contributed by atoms with Crippen LogP contribution in [0, 0.1) is 6.92 Å². The zero-order valence-corrected chi connectivity index (χ0v) is 15.8. The summed E-state index contributed by atoms with van der Waals surface area (Å²) in [6.07, 6.45) is 3.66. The van der Waals surface area contributed by atoms with Gasteiger partial charge in [0.25, 0.3) is 11.8 Å². The lowest BCUT2D eigenvalue weighted by molar-refractivity contribution is -0.120. The topological polar surface area (TPSA) is 79.8 Å². The van der Waals surface area contributed by atoms with Crippen LogP contribution in [0.1, 0.15) is 40.6 Å². The van der Waals surface area contributed by atoms with Crippen molar-refractivity contribution >= 4 is 29.4 Å². The van der Waals surface area contributed by atoms with E-state index >= 15 is 0 Å². The van der Waals surface area contributed by atoms with Gasteiger partial charge in [0.05, 0.1) is 19.4 Å². The molecule has 0 unspecified atom stereocenters. The van der Waals surface area contributed by atoms with Crippen molar-refractivity contribution in [3.8, 4) is 5.75 Å². The summed E-state index contributed by atoms with van der Waals surface area (Å²) >= 11 is 1.54. The molecule has 26 heavy (non-hydrogen) atoms. The molecule has 0 bridgehead atoms. The van der Waals surface area contributed by atoms with E-state index in [-0.39, 0.29) is 18.4 Å². The van der Waals surface area contributed by atoms with E-state index in [9.17, 15) is 9.59 Å². The Kier molecular flexibility index (Phi) is 7.82. The number of benzene rings is 1. The molecule has 138 valence electrons. The number of thiophene rings is 1. The average Bonchev–Trinajstić information content (AvgIpc) is 3.05. The number of nitrogens with zero attached hydrogens (tertiary/aromatic N) is 1. The second kappa shape index (κ2) is 10.4. The molecule has 0 aliphatic rings. The third kappa shape index (κ3) is 6.33. The molecule has 0 spiro atoms. The number of unbranched alkanes of at least 4 members (excludes halogenated alkanes) is 1. The number of carbonyl (C=O) groups excluding carboxylic acids is 2. The number of aryl methyl sites for hydroxylation is 1. The maximum absolute atomic E-state index is 12.1. The summed E-state index contributed by atoms with van der Waals surface area (Å²) < 4.78 is 5.55. The number of ether oxygens (including phenoxy) is 1. The zero-order valence-electron chi connectivity index (χ0n) is 15.0. The van der Waals surface area contributed by atoms with E-state index in [0.29, 0.717) is 12.2 Å². The van der Waals surface area contributed by atoms with Gasteiger partial charge in [-0.1, -0.05) is 13.3 Å². The first-order valence-corrected chi connectivity index (χ1v) is 9.35. The lowest BCUT2D eigenvalue weighted by Gasteiger charge is -2.07. The fourth-order valence-corrected chi connectivity index (χ4v) is 2.80. The summed E-state index contributed by atoms with van der Waals surface area (Å²) in [5, 5.41) is 8.41. The Morgan fingerprint density at radius 3 is 2.65 bits per heavy atom. The number of hydrazone groups is 1. The van der Waals surface area contributed by atoms with Gasteiger partial charge < -0.3 is 10.1 Å². The standard InChI is InChI=1S/C19H23N3O3S/c1-3-4-10-25-16-7-5-15(6-8-16)19(24)20-13-18(23)22-21-12-17-14(2)9-11-26-17/h5-9,11-12H,3-4,10,13H2,1-2H3,(H,20,24)(H,22,23)/b21-12-. The van der Waals surface area contributed by atoms with E-state index in [1.807, 2.05) is 18.4 Å². The molecule has 7 heteroatoms. The largest absolute Gasteiger partial charge is 0.494 e. The summed E-state index contributed by atoms with van der Waals surface area (Å²) in [4.78, 5) is 24.8.